The third-order valence-corrected chi connectivity index (χ3v) is 5.59. The molecule has 1 aliphatic carbocycles. The quantitative estimate of drug-likeness (QED) is 0.326. The Morgan fingerprint density at radius 2 is 2.04 bits per heavy atom. The van der Waals surface area contributed by atoms with Crippen LogP contribution in [0.25, 0.3) is 0 Å². The molecule has 2 aromatic rings. The van der Waals surface area contributed by atoms with Gasteiger partial charge in [-0.25, -0.2) is 4.98 Å². The number of ether oxygens (including phenoxy) is 1. The third-order valence-electron chi connectivity index (χ3n) is 4.46. The monoisotopic (exact) mass is 500 g/mol. The first-order chi connectivity index (χ1) is 12.7. The Bertz CT molecular complexity index is 758. The summed E-state index contributed by atoms with van der Waals surface area (Å²) < 4.78 is 5.98. The Morgan fingerprint density at radius 3 is 2.70 bits per heavy atom. The fraction of sp³-hybridized carbons (Fsp3) is 0.500. The first-order valence-electron chi connectivity index (χ1n) is 9.24. The van der Waals surface area contributed by atoms with Crippen molar-refractivity contribution in [2.45, 2.75) is 39.7 Å². The van der Waals surface area contributed by atoms with Crippen molar-refractivity contribution >= 4 is 41.3 Å². The molecule has 0 radical (unpaired) electrons. The summed E-state index contributed by atoms with van der Waals surface area (Å²) in [4.78, 5) is 10.1. The average molecular weight is 500 g/mol. The van der Waals surface area contributed by atoms with Crippen molar-refractivity contribution in [2.75, 3.05) is 20.2 Å². The number of hydrogen-bond acceptors (Lipinski definition) is 4. The van der Waals surface area contributed by atoms with Crippen LogP contribution in [0, 0.1) is 19.8 Å². The summed E-state index contributed by atoms with van der Waals surface area (Å²) >= 11 is 1.77. The summed E-state index contributed by atoms with van der Waals surface area (Å²) in [6.07, 6.45) is 3.56. The lowest BCUT2D eigenvalue weighted by molar-refractivity contribution is 0.296. The first-order valence-corrected chi connectivity index (χ1v) is 10.1. The second-order valence-electron chi connectivity index (χ2n) is 6.71. The maximum absolute atomic E-state index is 5.98. The highest BCUT2D eigenvalue weighted by Gasteiger charge is 2.22. The molecule has 5 nitrogen and oxygen atoms in total. The zero-order valence-electron chi connectivity index (χ0n) is 16.2. The zero-order chi connectivity index (χ0) is 18.4. The molecule has 3 rings (SSSR count). The number of guanidine groups is 1. The third kappa shape index (κ3) is 6.95. The van der Waals surface area contributed by atoms with E-state index in [0.29, 0.717) is 6.54 Å². The van der Waals surface area contributed by atoms with Gasteiger partial charge in [0.15, 0.2) is 5.96 Å². The number of thiazole rings is 1. The van der Waals surface area contributed by atoms with Crippen molar-refractivity contribution < 1.29 is 4.74 Å². The number of hydrogen-bond donors (Lipinski definition) is 2. The number of aromatic nitrogens is 1. The van der Waals surface area contributed by atoms with Gasteiger partial charge in [0.1, 0.15) is 5.75 Å². The van der Waals surface area contributed by atoms with Crippen LogP contribution in [0.5, 0.6) is 5.75 Å². The molecule has 0 aliphatic heterocycles. The van der Waals surface area contributed by atoms with Gasteiger partial charge in [-0.2, -0.15) is 0 Å². The molecule has 0 saturated heterocycles. The van der Waals surface area contributed by atoms with Crippen LogP contribution >= 0.6 is 35.3 Å². The first kappa shape index (κ1) is 21.9. The van der Waals surface area contributed by atoms with Crippen LogP contribution in [-0.4, -0.2) is 31.1 Å². The number of nitrogens with zero attached hydrogens (tertiary/aromatic N) is 2. The second-order valence-corrected chi connectivity index (χ2v) is 7.99. The fourth-order valence-electron chi connectivity index (χ4n) is 2.78. The van der Waals surface area contributed by atoms with Crippen LogP contribution in [0.2, 0.25) is 0 Å². The van der Waals surface area contributed by atoms with Crippen LogP contribution in [0.15, 0.2) is 29.3 Å². The van der Waals surface area contributed by atoms with Crippen molar-refractivity contribution in [2.24, 2.45) is 10.9 Å². The molecular weight excluding hydrogens is 471 g/mol. The molecule has 0 spiro atoms. The SMILES string of the molecule is CN=C(NCCc1sc(C)nc1C)NCc1ccccc1OCC1CC1.I. The van der Waals surface area contributed by atoms with E-state index in [4.69, 9.17) is 4.74 Å². The molecule has 148 valence electrons. The molecule has 0 atom stereocenters. The number of aliphatic imine (C=N–C) groups is 1. The summed E-state index contributed by atoms with van der Waals surface area (Å²) in [5, 5.41) is 7.89. The van der Waals surface area contributed by atoms with Gasteiger partial charge in [0, 0.05) is 37.0 Å². The molecular formula is C20H29IN4OS. The number of nitrogens with one attached hydrogen (secondary N) is 2. The van der Waals surface area contributed by atoms with E-state index in [1.54, 1.807) is 18.4 Å². The number of para-hydroxylation sites is 1. The van der Waals surface area contributed by atoms with Gasteiger partial charge < -0.3 is 15.4 Å². The van der Waals surface area contributed by atoms with Crippen LogP contribution in [0.1, 0.15) is 34.0 Å². The van der Waals surface area contributed by atoms with Gasteiger partial charge in [0.05, 0.1) is 17.3 Å². The molecule has 1 fully saturated rings. The predicted octanol–water partition coefficient (Wildman–Crippen LogP) is 4.07. The molecule has 1 aromatic heterocycles. The molecule has 0 bridgehead atoms. The lowest BCUT2D eigenvalue weighted by Crippen LogP contribution is -2.37. The number of benzene rings is 1. The highest BCUT2D eigenvalue weighted by Crippen LogP contribution is 2.30. The highest BCUT2D eigenvalue weighted by atomic mass is 127. The van der Waals surface area contributed by atoms with E-state index >= 15 is 0 Å². The van der Waals surface area contributed by atoms with Gasteiger partial charge in [0.2, 0.25) is 0 Å². The normalized spacial score (nSPS) is 13.8. The van der Waals surface area contributed by atoms with Gasteiger partial charge in [-0.3, -0.25) is 4.99 Å². The summed E-state index contributed by atoms with van der Waals surface area (Å²) in [7, 11) is 1.80. The van der Waals surface area contributed by atoms with E-state index < -0.39 is 0 Å². The van der Waals surface area contributed by atoms with Gasteiger partial charge in [-0.15, -0.1) is 35.3 Å². The molecule has 1 saturated carbocycles. The Morgan fingerprint density at radius 1 is 1.26 bits per heavy atom. The standard InChI is InChI=1S/C20H28N4OS.HI/c1-14-19(26-15(2)24-14)10-11-22-20(21-3)23-12-17-6-4-5-7-18(17)25-13-16-8-9-16;/h4-7,16H,8-13H2,1-3H3,(H2,21,22,23);1H. The summed E-state index contributed by atoms with van der Waals surface area (Å²) in [5.41, 5.74) is 2.30. The fourth-order valence-corrected chi connectivity index (χ4v) is 3.72. The van der Waals surface area contributed by atoms with E-state index in [9.17, 15) is 0 Å². The van der Waals surface area contributed by atoms with Crippen LogP contribution in [-0.2, 0) is 13.0 Å². The Hall–Kier alpha value is -1.35. The van der Waals surface area contributed by atoms with E-state index in [1.807, 2.05) is 18.2 Å². The molecule has 1 aliphatic rings. The maximum atomic E-state index is 5.98. The molecule has 1 heterocycles. The highest BCUT2D eigenvalue weighted by molar-refractivity contribution is 14.0. The summed E-state index contributed by atoms with van der Waals surface area (Å²) in [6, 6.07) is 8.22. The lowest BCUT2D eigenvalue weighted by atomic mass is 10.2. The van der Waals surface area contributed by atoms with Crippen LogP contribution in [0.3, 0.4) is 0 Å². The largest absolute Gasteiger partial charge is 0.493 e. The van der Waals surface area contributed by atoms with Crippen LogP contribution in [0.4, 0.5) is 0 Å². The van der Waals surface area contributed by atoms with Gasteiger partial charge in [-0.05, 0) is 38.7 Å². The Labute approximate surface area is 183 Å². The minimum absolute atomic E-state index is 0. The van der Waals surface area contributed by atoms with Gasteiger partial charge in [-0.1, -0.05) is 18.2 Å². The minimum Gasteiger partial charge on any atom is -0.493 e. The molecule has 0 amide bonds. The molecule has 2 N–H and O–H groups in total. The minimum atomic E-state index is 0. The van der Waals surface area contributed by atoms with Crippen molar-refractivity contribution in [1.29, 1.82) is 0 Å². The van der Waals surface area contributed by atoms with Gasteiger partial charge in [0.25, 0.3) is 0 Å². The number of aryl methyl sites for hydroxylation is 2. The topological polar surface area (TPSA) is 58.5 Å². The number of halogens is 1. The lowest BCUT2D eigenvalue weighted by Gasteiger charge is -2.14. The number of rotatable bonds is 8. The summed E-state index contributed by atoms with van der Waals surface area (Å²) in [6.45, 7) is 6.49. The molecule has 1 aromatic carbocycles. The van der Waals surface area contributed by atoms with Crippen molar-refractivity contribution in [3.8, 4) is 5.75 Å². The molecule has 27 heavy (non-hydrogen) atoms. The van der Waals surface area contributed by atoms with E-state index in [2.05, 4.69) is 40.5 Å². The van der Waals surface area contributed by atoms with Gasteiger partial charge >= 0.3 is 0 Å². The van der Waals surface area contributed by atoms with E-state index in [0.717, 1.165) is 53.5 Å². The van der Waals surface area contributed by atoms with E-state index in [1.165, 1.54) is 17.7 Å². The predicted molar refractivity (Wildman–Crippen MR) is 124 cm³/mol. The smallest absolute Gasteiger partial charge is 0.191 e. The van der Waals surface area contributed by atoms with E-state index in [-0.39, 0.29) is 24.0 Å². The average Bonchev–Trinajstić information content (AvgIpc) is 3.41. The summed E-state index contributed by atoms with van der Waals surface area (Å²) in [5.74, 6) is 2.53. The Balaban J connectivity index is 0.00000261. The van der Waals surface area contributed by atoms with Crippen LogP contribution < -0.4 is 15.4 Å². The second kappa shape index (κ2) is 10.8. The van der Waals surface area contributed by atoms with Crippen molar-refractivity contribution in [1.82, 2.24) is 15.6 Å². The van der Waals surface area contributed by atoms with Crippen molar-refractivity contribution in [3.63, 3.8) is 0 Å². The molecule has 0 unspecified atom stereocenters. The van der Waals surface area contributed by atoms with Crippen molar-refractivity contribution in [3.05, 3.63) is 45.4 Å². The Kier molecular flexibility index (Phi) is 8.82. The molecule has 7 heteroatoms. The maximum Gasteiger partial charge on any atom is 0.191 e. The zero-order valence-corrected chi connectivity index (χ0v) is 19.4.